The maximum atomic E-state index is 12.6. The molecule has 2 aromatic carbocycles. The molecule has 1 aliphatic carbocycles. The summed E-state index contributed by atoms with van der Waals surface area (Å²) < 4.78 is 0. The molecule has 0 aliphatic heterocycles. The van der Waals surface area contributed by atoms with E-state index in [1.54, 1.807) is 38.1 Å². The van der Waals surface area contributed by atoms with E-state index in [9.17, 15) is 19.5 Å². The molecular formula is C18H14O4. The number of allylic oxidation sites excluding steroid dienone is 2. The number of Topliss-reactive ketones (excluding diaryl/α,β-unsaturated/α-hetero) is 3. The summed E-state index contributed by atoms with van der Waals surface area (Å²) >= 11 is 0. The van der Waals surface area contributed by atoms with Gasteiger partial charge in [-0.1, -0.05) is 24.3 Å². The fraction of sp³-hybridized carbons (Fsp3) is 0.167. The molecule has 0 spiro atoms. The van der Waals surface area contributed by atoms with Gasteiger partial charge in [0, 0.05) is 27.7 Å². The van der Waals surface area contributed by atoms with Crippen LogP contribution in [0.4, 0.5) is 0 Å². The van der Waals surface area contributed by atoms with Crippen molar-refractivity contribution < 1.29 is 19.5 Å². The number of phenolic OH excluding ortho intramolecular Hbond substituents is 1. The van der Waals surface area contributed by atoms with Crippen LogP contribution in [0.5, 0.6) is 5.75 Å². The van der Waals surface area contributed by atoms with Crippen molar-refractivity contribution in [2.45, 2.75) is 20.8 Å². The smallest absolute Gasteiger partial charge is 0.193 e. The van der Waals surface area contributed by atoms with E-state index < -0.39 is 5.78 Å². The Bertz CT molecular complexity index is 916. The van der Waals surface area contributed by atoms with Crippen molar-refractivity contribution in [1.29, 1.82) is 0 Å². The fourth-order valence-electron chi connectivity index (χ4n) is 2.95. The van der Waals surface area contributed by atoms with Crippen LogP contribution in [0.2, 0.25) is 0 Å². The molecule has 0 heterocycles. The number of benzene rings is 2. The number of hydrogen-bond acceptors (Lipinski definition) is 4. The van der Waals surface area contributed by atoms with Crippen LogP contribution >= 0.6 is 0 Å². The van der Waals surface area contributed by atoms with Crippen molar-refractivity contribution in [3.8, 4) is 5.75 Å². The molecule has 0 aromatic heterocycles. The van der Waals surface area contributed by atoms with Gasteiger partial charge in [0.2, 0.25) is 0 Å². The number of aromatic hydroxyl groups is 1. The minimum atomic E-state index is -0.405. The average Bonchev–Trinajstić information content (AvgIpc) is 2.50. The van der Waals surface area contributed by atoms with Gasteiger partial charge in [-0.05, 0) is 26.2 Å². The summed E-state index contributed by atoms with van der Waals surface area (Å²) in [5.74, 6) is -1.32. The Morgan fingerprint density at radius 1 is 0.909 bits per heavy atom. The highest BCUT2D eigenvalue weighted by molar-refractivity contribution is 6.33. The van der Waals surface area contributed by atoms with Gasteiger partial charge in [-0.3, -0.25) is 14.4 Å². The van der Waals surface area contributed by atoms with Crippen LogP contribution in [-0.2, 0) is 0 Å². The Kier molecular flexibility index (Phi) is 2.99. The highest BCUT2D eigenvalue weighted by Crippen LogP contribution is 2.40. The molecule has 0 radical (unpaired) electrons. The van der Waals surface area contributed by atoms with E-state index in [0.29, 0.717) is 21.9 Å². The molecule has 0 atom stereocenters. The third-order valence-electron chi connectivity index (χ3n) is 4.24. The fourth-order valence-corrected chi connectivity index (χ4v) is 2.95. The van der Waals surface area contributed by atoms with Gasteiger partial charge in [0.15, 0.2) is 17.3 Å². The number of carbonyl (C=O) groups excluding carboxylic acids is 3. The van der Waals surface area contributed by atoms with Gasteiger partial charge in [-0.2, -0.15) is 0 Å². The van der Waals surface area contributed by atoms with E-state index in [1.807, 2.05) is 0 Å². The maximum absolute atomic E-state index is 12.6. The summed E-state index contributed by atoms with van der Waals surface area (Å²) in [6.45, 7) is 4.48. The van der Waals surface area contributed by atoms with Gasteiger partial charge in [-0.25, -0.2) is 0 Å². The van der Waals surface area contributed by atoms with Crippen molar-refractivity contribution in [2.75, 3.05) is 0 Å². The largest absolute Gasteiger partial charge is 0.507 e. The maximum Gasteiger partial charge on any atom is 0.193 e. The topological polar surface area (TPSA) is 71.4 Å². The van der Waals surface area contributed by atoms with Crippen molar-refractivity contribution >= 4 is 28.1 Å². The number of rotatable bonds is 1. The molecule has 0 saturated carbocycles. The SMILES string of the molecule is CC(=O)c1c2c(c(O)c3ccccc13)C(=O)C(C)=C(C)C2=O. The van der Waals surface area contributed by atoms with E-state index >= 15 is 0 Å². The second-order valence-corrected chi connectivity index (χ2v) is 5.48. The Morgan fingerprint density at radius 3 is 1.95 bits per heavy atom. The van der Waals surface area contributed by atoms with Gasteiger partial charge >= 0.3 is 0 Å². The first-order valence-electron chi connectivity index (χ1n) is 6.91. The molecule has 110 valence electrons. The lowest BCUT2D eigenvalue weighted by molar-refractivity contribution is 0.0963. The van der Waals surface area contributed by atoms with Gasteiger partial charge in [-0.15, -0.1) is 0 Å². The first-order valence-corrected chi connectivity index (χ1v) is 6.91. The van der Waals surface area contributed by atoms with E-state index in [2.05, 4.69) is 0 Å². The number of ketones is 3. The lowest BCUT2D eigenvalue weighted by Gasteiger charge is -2.22. The summed E-state index contributed by atoms with van der Waals surface area (Å²) in [7, 11) is 0. The van der Waals surface area contributed by atoms with E-state index in [1.165, 1.54) is 6.92 Å². The average molecular weight is 294 g/mol. The molecule has 0 amide bonds. The number of fused-ring (bicyclic) bond motifs is 2. The van der Waals surface area contributed by atoms with Crippen LogP contribution in [0.3, 0.4) is 0 Å². The van der Waals surface area contributed by atoms with Crippen molar-refractivity contribution in [2.24, 2.45) is 0 Å². The van der Waals surface area contributed by atoms with Crippen LogP contribution < -0.4 is 0 Å². The molecule has 0 unspecified atom stereocenters. The molecule has 0 bridgehead atoms. The van der Waals surface area contributed by atoms with Crippen LogP contribution in [-0.4, -0.2) is 22.5 Å². The second-order valence-electron chi connectivity index (χ2n) is 5.48. The predicted octanol–water partition coefficient (Wildman–Crippen LogP) is 3.46. The summed E-state index contributed by atoms with van der Waals surface area (Å²) in [6, 6.07) is 6.74. The van der Waals surface area contributed by atoms with Crippen molar-refractivity contribution in [3.05, 3.63) is 52.1 Å². The number of phenols is 1. The minimum Gasteiger partial charge on any atom is -0.507 e. The summed E-state index contributed by atoms with van der Waals surface area (Å²) in [6.07, 6.45) is 0. The van der Waals surface area contributed by atoms with Gasteiger partial charge in [0.25, 0.3) is 0 Å². The highest BCUT2D eigenvalue weighted by Gasteiger charge is 2.35. The van der Waals surface area contributed by atoms with Crippen LogP contribution in [0.1, 0.15) is 51.8 Å². The van der Waals surface area contributed by atoms with Crippen LogP contribution in [0.15, 0.2) is 35.4 Å². The second kappa shape index (κ2) is 4.63. The zero-order chi connectivity index (χ0) is 16.2. The van der Waals surface area contributed by atoms with Crippen LogP contribution in [0.25, 0.3) is 10.8 Å². The molecular weight excluding hydrogens is 280 g/mol. The number of carbonyl (C=O) groups is 3. The highest BCUT2D eigenvalue weighted by atomic mass is 16.3. The first kappa shape index (κ1) is 14.2. The minimum absolute atomic E-state index is 0.0248. The zero-order valence-corrected chi connectivity index (χ0v) is 12.5. The Hall–Kier alpha value is -2.75. The summed E-state index contributed by atoms with van der Waals surface area (Å²) in [4.78, 5) is 37.3. The third kappa shape index (κ3) is 1.67. The predicted molar refractivity (Wildman–Crippen MR) is 82.7 cm³/mol. The van der Waals surface area contributed by atoms with Crippen LogP contribution in [0, 0.1) is 0 Å². The quantitative estimate of drug-likeness (QED) is 0.817. The Balaban J connectivity index is 2.61. The zero-order valence-electron chi connectivity index (χ0n) is 12.5. The van der Waals surface area contributed by atoms with Gasteiger partial charge < -0.3 is 5.11 Å². The molecule has 4 heteroatoms. The van der Waals surface area contributed by atoms with Crippen molar-refractivity contribution in [3.63, 3.8) is 0 Å². The Labute approximate surface area is 127 Å². The van der Waals surface area contributed by atoms with Gasteiger partial charge in [0.05, 0.1) is 5.56 Å². The monoisotopic (exact) mass is 294 g/mol. The van der Waals surface area contributed by atoms with E-state index in [0.717, 1.165) is 0 Å². The van der Waals surface area contributed by atoms with E-state index in [4.69, 9.17) is 0 Å². The summed E-state index contributed by atoms with van der Waals surface area (Å²) in [5.41, 5.74) is 0.787. The molecule has 0 fully saturated rings. The molecule has 1 N–H and O–H groups in total. The summed E-state index contributed by atoms with van der Waals surface area (Å²) in [5, 5.41) is 11.4. The normalized spacial score (nSPS) is 14.5. The standard InChI is InChI=1S/C18H14O4/c1-8-9(2)17(21)15-14(16(8)20)13(10(3)19)11-6-4-5-7-12(11)18(15)22/h4-7,22H,1-3H3. The van der Waals surface area contributed by atoms with Gasteiger partial charge in [0.1, 0.15) is 5.75 Å². The molecule has 1 aliphatic rings. The molecule has 4 nitrogen and oxygen atoms in total. The third-order valence-corrected chi connectivity index (χ3v) is 4.24. The molecule has 0 saturated heterocycles. The lowest BCUT2D eigenvalue weighted by Crippen LogP contribution is -2.23. The molecule has 2 aromatic rings. The van der Waals surface area contributed by atoms with Crippen molar-refractivity contribution in [1.82, 2.24) is 0 Å². The lowest BCUT2D eigenvalue weighted by atomic mass is 9.79. The Morgan fingerprint density at radius 2 is 1.41 bits per heavy atom. The number of hydrogen-bond donors (Lipinski definition) is 1. The first-order chi connectivity index (χ1) is 10.4. The van der Waals surface area contributed by atoms with E-state index in [-0.39, 0.29) is 34.0 Å². The molecule has 3 rings (SSSR count). The molecule has 22 heavy (non-hydrogen) atoms.